The molecule has 0 spiro atoms. The monoisotopic (exact) mass is 310 g/mol. The maximum absolute atomic E-state index is 12.8. The third-order valence-corrected chi connectivity index (χ3v) is 4.26. The first-order chi connectivity index (χ1) is 11.3. The Hall–Kier alpha value is -2.33. The number of hydrogen-bond acceptors (Lipinski definition) is 3. The fourth-order valence-electron chi connectivity index (χ4n) is 3.00. The average Bonchev–Trinajstić information content (AvgIpc) is 2.63. The summed E-state index contributed by atoms with van der Waals surface area (Å²) >= 11 is 0. The fourth-order valence-corrected chi connectivity index (χ4v) is 3.00. The summed E-state index contributed by atoms with van der Waals surface area (Å²) in [6.07, 6.45) is 0.424. The molecule has 0 unspecified atom stereocenters. The molecule has 1 atom stereocenters. The minimum atomic E-state index is 0.107. The molecule has 1 amide bonds. The molecule has 1 aliphatic rings. The van der Waals surface area contributed by atoms with Crippen LogP contribution in [0.5, 0.6) is 5.75 Å². The van der Waals surface area contributed by atoms with E-state index in [1.54, 1.807) is 7.11 Å². The van der Waals surface area contributed by atoms with Gasteiger partial charge in [0, 0.05) is 19.6 Å². The first kappa shape index (κ1) is 15.6. The Morgan fingerprint density at radius 1 is 1.17 bits per heavy atom. The molecule has 3 rings (SSSR count). The third kappa shape index (κ3) is 3.71. The lowest BCUT2D eigenvalue weighted by atomic mass is 10.0. The van der Waals surface area contributed by atoms with Gasteiger partial charge >= 0.3 is 0 Å². The molecule has 1 fully saturated rings. The summed E-state index contributed by atoms with van der Waals surface area (Å²) in [4.78, 5) is 14.8. The number of hydrogen-bond donors (Lipinski definition) is 1. The number of nitrogens with zero attached hydrogens (tertiary/aromatic N) is 1. The number of piperazine rings is 1. The van der Waals surface area contributed by atoms with Gasteiger partial charge in [0.1, 0.15) is 5.75 Å². The van der Waals surface area contributed by atoms with E-state index < -0.39 is 0 Å². The fraction of sp³-hybridized carbons (Fsp3) is 0.316. The van der Waals surface area contributed by atoms with E-state index in [1.165, 1.54) is 5.56 Å². The summed E-state index contributed by atoms with van der Waals surface area (Å²) in [5.41, 5.74) is 2.20. The zero-order valence-corrected chi connectivity index (χ0v) is 13.4. The van der Waals surface area contributed by atoms with Crippen LogP contribution in [-0.4, -0.2) is 37.6 Å². The van der Waals surface area contributed by atoms with Crippen LogP contribution < -0.4 is 10.1 Å². The summed E-state index contributed by atoms with van der Waals surface area (Å²) in [6, 6.07) is 18.0. The molecule has 4 nitrogen and oxygen atoms in total. The van der Waals surface area contributed by atoms with Crippen LogP contribution in [0.2, 0.25) is 0 Å². The second-order valence-electron chi connectivity index (χ2n) is 5.74. The summed E-state index contributed by atoms with van der Waals surface area (Å²) < 4.78 is 5.16. The van der Waals surface area contributed by atoms with Crippen molar-refractivity contribution in [3.05, 3.63) is 65.7 Å². The van der Waals surface area contributed by atoms with E-state index in [1.807, 2.05) is 47.4 Å². The van der Waals surface area contributed by atoms with Gasteiger partial charge in [-0.25, -0.2) is 0 Å². The van der Waals surface area contributed by atoms with Gasteiger partial charge in [0.2, 0.25) is 5.91 Å². The van der Waals surface area contributed by atoms with Crippen molar-refractivity contribution in [2.24, 2.45) is 0 Å². The van der Waals surface area contributed by atoms with Crippen molar-refractivity contribution in [1.82, 2.24) is 10.2 Å². The van der Waals surface area contributed by atoms with E-state index in [-0.39, 0.29) is 11.9 Å². The lowest BCUT2D eigenvalue weighted by Crippen LogP contribution is -2.49. The van der Waals surface area contributed by atoms with Crippen LogP contribution in [-0.2, 0) is 11.2 Å². The van der Waals surface area contributed by atoms with Crippen LogP contribution in [0.25, 0.3) is 0 Å². The van der Waals surface area contributed by atoms with Crippen molar-refractivity contribution in [2.45, 2.75) is 12.5 Å². The van der Waals surface area contributed by atoms with Gasteiger partial charge in [-0.3, -0.25) is 4.79 Å². The number of nitrogens with one attached hydrogen (secondary N) is 1. The van der Waals surface area contributed by atoms with Gasteiger partial charge in [-0.2, -0.15) is 0 Å². The van der Waals surface area contributed by atoms with E-state index in [2.05, 4.69) is 17.4 Å². The Labute approximate surface area is 137 Å². The normalized spacial score (nSPS) is 17.8. The molecule has 1 N–H and O–H groups in total. The highest BCUT2D eigenvalue weighted by Gasteiger charge is 2.27. The topological polar surface area (TPSA) is 41.6 Å². The van der Waals surface area contributed by atoms with E-state index in [9.17, 15) is 4.79 Å². The number of benzene rings is 2. The molecule has 0 saturated carbocycles. The SMILES string of the molecule is COc1ccc(CC(=O)N2CCNC[C@H]2c2ccccc2)cc1. The highest BCUT2D eigenvalue weighted by Crippen LogP contribution is 2.23. The lowest BCUT2D eigenvalue weighted by Gasteiger charge is -2.36. The van der Waals surface area contributed by atoms with Gasteiger partial charge in [0.05, 0.1) is 19.6 Å². The average molecular weight is 310 g/mol. The number of amides is 1. The molecule has 1 saturated heterocycles. The predicted octanol–water partition coefficient (Wildman–Crippen LogP) is 2.41. The van der Waals surface area contributed by atoms with Crippen LogP contribution in [0.3, 0.4) is 0 Å². The molecule has 0 radical (unpaired) electrons. The van der Waals surface area contributed by atoms with Crippen LogP contribution in [0, 0.1) is 0 Å². The van der Waals surface area contributed by atoms with Crippen molar-refractivity contribution in [1.29, 1.82) is 0 Å². The van der Waals surface area contributed by atoms with Gasteiger partial charge in [-0.1, -0.05) is 42.5 Å². The Kier molecular flexibility index (Phi) is 4.93. The number of carbonyl (C=O) groups is 1. The number of ether oxygens (including phenoxy) is 1. The summed E-state index contributed by atoms with van der Waals surface area (Å²) in [6.45, 7) is 2.39. The van der Waals surface area contributed by atoms with Crippen LogP contribution in [0.1, 0.15) is 17.2 Å². The molecular formula is C19H22N2O2. The Bertz CT molecular complexity index is 640. The van der Waals surface area contributed by atoms with Gasteiger partial charge in [0.15, 0.2) is 0 Å². The van der Waals surface area contributed by atoms with Crippen molar-refractivity contribution in [2.75, 3.05) is 26.7 Å². The number of rotatable bonds is 4. The lowest BCUT2D eigenvalue weighted by molar-refractivity contribution is -0.133. The van der Waals surface area contributed by atoms with E-state index in [4.69, 9.17) is 4.74 Å². The van der Waals surface area contributed by atoms with Crippen molar-refractivity contribution < 1.29 is 9.53 Å². The molecule has 120 valence electrons. The van der Waals surface area contributed by atoms with Gasteiger partial charge in [0.25, 0.3) is 0 Å². The maximum Gasteiger partial charge on any atom is 0.227 e. The molecule has 1 aliphatic heterocycles. The molecule has 23 heavy (non-hydrogen) atoms. The summed E-state index contributed by atoms with van der Waals surface area (Å²) in [5.74, 6) is 0.982. The zero-order valence-electron chi connectivity index (χ0n) is 13.4. The standard InChI is InChI=1S/C19H22N2O2/c1-23-17-9-7-15(8-10-17)13-19(22)21-12-11-20-14-18(21)16-5-3-2-4-6-16/h2-10,18,20H,11-14H2,1H3/t18-/m0/s1. The predicted molar refractivity (Wildman–Crippen MR) is 90.5 cm³/mol. The molecule has 2 aromatic rings. The van der Waals surface area contributed by atoms with E-state index in [0.29, 0.717) is 6.42 Å². The van der Waals surface area contributed by atoms with Crippen molar-refractivity contribution in [3.63, 3.8) is 0 Å². The molecule has 2 aromatic carbocycles. The Morgan fingerprint density at radius 2 is 1.91 bits per heavy atom. The quantitative estimate of drug-likeness (QED) is 0.943. The van der Waals surface area contributed by atoms with Gasteiger partial charge in [-0.05, 0) is 23.3 Å². The molecular weight excluding hydrogens is 288 g/mol. The largest absolute Gasteiger partial charge is 0.497 e. The van der Waals surface area contributed by atoms with Crippen molar-refractivity contribution in [3.8, 4) is 5.75 Å². The first-order valence-electron chi connectivity index (χ1n) is 7.96. The molecule has 1 heterocycles. The molecule has 4 heteroatoms. The Morgan fingerprint density at radius 3 is 2.61 bits per heavy atom. The summed E-state index contributed by atoms with van der Waals surface area (Å²) in [5, 5.41) is 3.39. The first-order valence-corrected chi connectivity index (χ1v) is 7.96. The molecule has 0 aliphatic carbocycles. The highest BCUT2D eigenvalue weighted by molar-refractivity contribution is 5.79. The van der Waals surface area contributed by atoms with Gasteiger partial charge < -0.3 is 15.0 Å². The third-order valence-electron chi connectivity index (χ3n) is 4.26. The van der Waals surface area contributed by atoms with E-state index >= 15 is 0 Å². The van der Waals surface area contributed by atoms with Crippen LogP contribution in [0.15, 0.2) is 54.6 Å². The second-order valence-corrected chi connectivity index (χ2v) is 5.74. The maximum atomic E-state index is 12.8. The molecule has 0 aromatic heterocycles. The second kappa shape index (κ2) is 7.29. The van der Waals surface area contributed by atoms with Crippen LogP contribution >= 0.6 is 0 Å². The Balaban J connectivity index is 1.73. The number of carbonyl (C=O) groups excluding carboxylic acids is 1. The zero-order chi connectivity index (χ0) is 16.1. The minimum Gasteiger partial charge on any atom is -0.497 e. The number of methoxy groups -OCH3 is 1. The minimum absolute atomic E-state index is 0.107. The highest BCUT2D eigenvalue weighted by atomic mass is 16.5. The van der Waals surface area contributed by atoms with Crippen molar-refractivity contribution >= 4 is 5.91 Å². The van der Waals surface area contributed by atoms with E-state index in [0.717, 1.165) is 30.9 Å². The van der Waals surface area contributed by atoms with Gasteiger partial charge in [-0.15, -0.1) is 0 Å². The van der Waals surface area contributed by atoms with Crippen LogP contribution in [0.4, 0.5) is 0 Å². The smallest absolute Gasteiger partial charge is 0.227 e. The summed E-state index contributed by atoms with van der Waals surface area (Å²) in [7, 11) is 1.64. The molecule has 0 bridgehead atoms.